The smallest absolute Gasteiger partial charge is 0.235 e. The number of benzene rings is 1. The number of aryl methyl sites for hydroxylation is 1. The highest BCUT2D eigenvalue weighted by Gasteiger charge is 2.17. The van der Waals surface area contributed by atoms with Gasteiger partial charge in [0.2, 0.25) is 4.96 Å². The van der Waals surface area contributed by atoms with Crippen molar-refractivity contribution in [2.75, 3.05) is 7.11 Å². The Morgan fingerprint density at radius 2 is 1.96 bits per heavy atom. The normalized spacial score (nSPS) is 11.2. The van der Waals surface area contributed by atoms with Crippen molar-refractivity contribution < 1.29 is 4.74 Å². The minimum Gasteiger partial charge on any atom is -0.497 e. The molecule has 116 valence electrons. The summed E-state index contributed by atoms with van der Waals surface area (Å²) in [6.45, 7) is 1.91. The van der Waals surface area contributed by atoms with Gasteiger partial charge in [0.25, 0.3) is 0 Å². The van der Waals surface area contributed by atoms with Crippen LogP contribution in [0.5, 0.6) is 5.75 Å². The molecule has 9 heteroatoms. The molecule has 3 heterocycles. The summed E-state index contributed by atoms with van der Waals surface area (Å²) in [5.41, 5.74) is 2.02. The lowest BCUT2D eigenvalue weighted by atomic mass is 10.1. The van der Waals surface area contributed by atoms with E-state index >= 15 is 0 Å². The van der Waals surface area contributed by atoms with Crippen molar-refractivity contribution in [2.45, 2.75) is 13.3 Å². The van der Waals surface area contributed by atoms with Crippen molar-refractivity contribution in [3.8, 4) is 16.5 Å². The lowest BCUT2D eigenvalue weighted by molar-refractivity contribution is 0.414. The largest absolute Gasteiger partial charge is 0.497 e. The lowest BCUT2D eigenvalue weighted by Gasteiger charge is -2.01. The third-order valence-electron chi connectivity index (χ3n) is 3.40. The molecule has 0 spiro atoms. The predicted octanol–water partition coefficient (Wildman–Crippen LogP) is 2.61. The number of aromatic nitrogens is 6. The Kier molecular flexibility index (Phi) is 3.50. The van der Waals surface area contributed by atoms with Crippen LogP contribution >= 0.6 is 22.9 Å². The molecule has 4 rings (SSSR count). The minimum atomic E-state index is 0.699. The molecule has 0 atom stereocenters. The first kappa shape index (κ1) is 14.2. The van der Waals surface area contributed by atoms with Gasteiger partial charge < -0.3 is 4.74 Å². The second kappa shape index (κ2) is 5.67. The number of hydrogen-bond acceptors (Lipinski definition) is 8. The fourth-order valence-electron chi connectivity index (χ4n) is 2.22. The third-order valence-corrected chi connectivity index (χ3v) is 5.12. The highest BCUT2D eigenvalue weighted by atomic mass is 32.1. The lowest BCUT2D eigenvalue weighted by Crippen LogP contribution is -1.93. The third kappa shape index (κ3) is 2.57. The molecular weight excluding hydrogens is 332 g/mol. The molecule has 0 unspecified atom stereocenters. The van der Waals surface area contributed by atoms with Crippen LogP contribution in [0.1, 0.15) is 16.3 Å². The molecule has 23 heavy (non-hydrogen) atoms. The Labute approximate surface area is 139 Å². The maximum atomic E-state index is 5.18. The van der Waals surface area contributed by atoms with Gasteiger partial charge in [0, 0.05) is 6.42 Å². The van der Waals surface area contributed by atoms with E-state index in [-0.39, 0.29) is 0 Å². The molecular formula is C14H12N6OS2. The van der Waals surface area contributed by atoms with Crippen LogP contribution in [0, 0.1) is 6.92 Å². The molecule has 0 fully saturated rings. The van der Waals surface area contributed by atoms with E-state index in [0.29, 0.717) is 5.82 Å². The van der Waals surface area contributed by atoms with Crippen LogP contribution in [0.4, 0.5) is 0 Å². The van der Waals surface area contributed by atoms with Gasteiger partial charge in [-0.25, -0.2) is 0 Å². The molecule has 0 aliphatic rings. The Balaban J connectivity index is 1.66. The first-order valence-electron chi connectivity index (χ1n) is 6.88. The molecule has 4 aromatic rings. The average Bonchev–Trinajstić information content (AvgIpc) is 3.24. The number of ether oxygens (including phenoxy) is 1. The van der Waals surface area contributed by atoms with Crippen LogP contribution in [0.15, 0.2) is 24.3 Å². The molecule has 0 aliphatic carbocycles. The fourth-order valence-corrected chi connectivity index (χ4v) is 3.72. The monoisotopic (exact) mass is 344 g/mol. The van der Waals surface area contributed by atoms with Gasteiger partial charge >= 0.3 is 0 Å². The fraction of sp³-hybridized carbons (Fsp3) is 0.214. The topological polar surface area (TPSA) is 78.1 Å². The number of nitrogens with zero attached hydrogens (tertiary/aromatic N) is 6. The zero-order valence-corrected chi connectivity index (χ0v) is 14.1. The van der Waals surface area contributed by atoms with Crippen molar-refractivity contribution in [2.24, 2.45) is 0 Å². The first-order chi connectivity index (χ1) is 11.2. The Morgan fingerprint density at radius 3 is 2.65 bits per heavy atom. The summed E-state index contributed by atoms with van der Waals surface area (Å²) >= 11 is 2.84. The summed E-state index contributed by atoms with van der Waals surface area (Å²) < 4.78 is 10.9. The molecule has 0 N–H and O–H groups in total. The van der Waals surface area contributed by atoms with E-state index in [4.69, 9.17) is 4.74 Å². The van der Waals surface area contributed by atoms with Crippen LogP contribution in [0.3, 0.4) is 0 Å². The quantitative estimate of drug-likeness (QED) is 0.566. The van der Waals surface area contributed by atoms with E-state index in [1.165, 1.54) is 28.4 Å². The molecule has 0 bridgehead atoms. The summed E-state index contributed by atoms with van der Waals surface area (Å²) in [4.78, 5) is 1.68. The molecule has 3 aromatic heterocycles. The van der Waals surface area contributed by atoms with E-state index in [0.717, 1.165) is 32.7 Å². The summed E-state index contributed by atoms with van der Waals surface area (Å²) in [7, 11) is 1.66. The van der Waals surface area contributed by atoms with E-state index in [1.54, 1.807) is 11.6 Å². The standard InChI is InChI=1S/C14H12N6OS2/c1-8-12(23-19-15-8)13-16-17-14-20(13)18-11(22-14)7-9-3-5-10(21-2)6-4-9/h3-6H,7H2,1-2H3. The molecule has 0 saturated carbocycles. The number of methoxy groups -OCH3 is 1. The van der Waals surface area contributed by atoms with Gasteiger partial charge in [0.05, 0.1) is 12.8 Å². The highest BCUT2D eigenvalue weighted by Crippen LogP contribution is 2.26. The first-order valence-corrected chi connectivity index (χ1v) is 8.47. The van der Waals surface area contributed by atoms with Crippen molar-refractivity contribution in [3.63, 3.8) is 0 Å². The van der Waals surface area contributed by atoms with Crippen molar-refractivity contribution >= 4 is 27.8 Å². The zero-order valence-electron chi connectivity index (χ0n) is 12.4. The van der Waals surface area contributed by atoms with Gasteiger partial charge in [-0.15, -0.1) is 15.3 Å². The second-order valence-corrected chi connectivity index (χ2v) is 6.72. The summed E-state index contributed by atoms with van der Waals surface area (Å²) in [6, 6.07) is 7.99. The van der Waals surface area contributed by atoms with Crippen LogP contribution in [0.2, 0.25) is 0 Å². The maximum absolute atomic E-state index is 5.18. The average molecular weight is 344 g/mol. The van der Waals surface area contributed by atoms with Gasteiger partial charge in [-0.1, -0.05) is 28.0 Å². The predicted molar refractivity (Wildman–Crippen MR) is 88.1 cm³/mol. The SMILES string of the molecule is COc1ccc(Cc2nn3c(-c4snnc4C)nnc3s2)cc1. The Bertz CT molecular complexity index is 955. The van der Waals surface area contributed by atoms with Gasteiger partial charge in [-0.05, 0) is 36.2 Å². The van der Waals surface area contributed by atoms with Gasteiger partial charge in [0.15, 0.2) is 5.82 Å². The number of rotatable bonds is 4. The molecule has 0 aliphatic heterocycles. The summed E-state index contributed by atoms with van der Waals surface area (Å²) in [5, 5.41) is 18.1. The van der Waals surface area contributed by atoms with Crippen LogP contribution < -0.4 is 4.74 Å². The van der Waals surface area contributed by atoms with E-state index in [9.17, 15) is 0 Å². The van der Waals surface area contributed by atoms with Crippen LogP contribution in [-0.4, -0.2) is 36.5 Å². The van der Waals surface area contributed by atoms with E-state index in [1.807, 2.05) is 31.2 Å². The Morgan fingerprint density at radius 1 is 1.13 bits per heavy atom. The van der Waals surface area contributed by atoms with Crippen molar-refractivity contribution in [1.82, 2.24) is 29.4 Å². The Hall–Kier alpha value is -2.39. The van der Waals surface area contributed by atoms with Crippen molar-refractivity contribution in [1.29, 1.82) is 0 Å². The van der Waals surface area contributed by atoms with E-state index < -0.39 is 0 Å². The van der Waals surface area contributed by atoms with E-state index in [2.05, 4.69) is 24.9 Å². The molecule has 1 aromatic carbocycles. The molecule has 0 radical (unpaired) electrons. The van der Waals surface area contributed by atoms with Crippen molar-refractivity contribution in [3.05, 3.63) is 40.5 Å². The summed E-state index contributed by atoms with van der Waals surface area (Å²) in [6.07, 6.45) is 0.747. The number of hydrogen-bond donors (Lipinski definition) is 0. The zero-order chi connectivity index (χ0) is 15.8. The van der Waals surface area contributed by atoms with Crippen LogP contribution in [-0.2, 0) is 6.42 Å². The van der Waals surface area contributed by atoms with Gasteiger partial charge in [-0.2, -0.15) is 9.61 Å². The summed E-state index contributed by atoms with van der Waals surface area (Å²) in [5.74, 6) is 1.55. The van der Waals surface area contributed by atoms with Gasteiger partial charge in [-0.3, -0.25) is 0 Å². The van der Waals surface area contributed by atoms with Crippen LogP contribution in [0.25, 0.3) is 15.7 Å². The minimum absolute atomic E-state index is 0.699. The highest BCUT2D eigenvalue weighted by molar-refractivity contribution is 7.16. The molecule has 0 amide bonds. The molecule has 7 nitrogen and oxygen atoms in total. The molecule has 0 saturated heterocycles. The maximum Gasteiger partial charge on any atom is 0.235 e. The second-order valence-electron chi connectivity index (χ2n) is 4.93. The number of fused-ring (bicyclic) bond motifs is 1. The van der Waals surface area contributed by atoms with Gasteiger partial charge in [0.1, 0.15) is 15.6 Å².